The first-order chi connectivity index (χ1) is 8.06. The van der Waals surface area contributed by atoms with Crippen molar-refractivity contribution in [1.82, 2.24) is 0 Å². The molecule has 17 heavy (non-hydrogen) atoms. The van der Waals surface area contributed by atoms with Crippen LogP contribution in [0.2, 0.25) is 0 Å². The molecule has 0 N–H and O–H groups in total. The van der Waals surface area contributed by atoms with Gasteiger partial charge in [0.1, 0.15) is 0 Å². The van der Waals surface area contributed by atoms with Crippen molar-refractivity contribution in [2.45, 2.75) is 32.6 Å². The van der Waals surface area contributed by atoms with Gasteiger partial charge in [-0.25, -0.2) is 0 Å². The van der Waals surface area contributed by atoms with E-state index in [2.05, 4.69) is 13.8 Å². The summed E-state index contributed by atoms with van der Waals surface area (Å²) in [7, 11) is 1.74. The van der Waals surface area contributed by atoms with Crippen LogP contribution in [0.15, 0.2) is 24.3 Å². The van der Waals surface area contributed by atoms with Crippen molar-refractivity contribution in [3.8, 4) is 6.07 Å². The molecule has 3 nitrogen and oxygen atoms in total. The Morgan fingerprint density at radius 2 is 1.94 bits per heavy atom. The third-order valence-corrected chi connectivity index (χ3v) is 2.77. The fraction of sp³-hybridized carbons (Fsp3) is 0.429. The van der Waals surface area contributed by atoms with E-state index < -0.39 is 0 Å². The van der Waals surface area contributed by atoms with Crippen LogP contribution >= 0.6 is 0 Å². The van der Waals surface area contributed by atoms with Crippen LogP contribution in [0.1, 0.15) is 38.2 Å². The van der Waals surface area contributed by atoms with E-state index in [1.807, 2.05) is 30.3 Å². The van der Waals surface area contributed by atoms with Gasteiger partial charge in [-0.15, -0.1) is 0 Å². The lowest BCUT2D eigenvalue weighted by Crippen LogP contribution is -2.25. The lowest BCUT2D eigenvalue weighted by atomic mass is 10.0. The Morgan fingerprint density at radius 1 is 1.35 bits per heavy atom. The van der Waals surface area contributed by atoms with E-state index in [4.69, 9.17) is 5.26 Å². The van der Waals surface area contributed by atoms with Crippen LogP contribution in [0.3, 0.4) is 0 Å². The first-order valence-electron chi connectivity index (χ1n) is 5.79. The average Bonchev–Trinajstić information content (AvgIpc) is 2.35. The standard InChI is InChI=1S/C14H18N2O/c1-11(2)12-6-8-13(9-7-12)16(3)14(17)5-4-10-15/h6-9,11H,4-5H2,1-3H3. The molecule has 0 radical (unpaired) electrons. The number of anilines is 1. The van der Waals surface area contributed by atoms with Crippen LogP contribution < -0.4 is 4.90 Å². The maximum atomic E-state index is 11.7. The number of amides is 1. The monoisotopic (exact) mass is 230 g/mol. The molecule has 1 amide bonds. The second-order valence-electron chi connectivity index (χ2n) is 4.36. The number of carbonyl (C=O) groups is 1. The number of benzene rings is 1. The lowest BCUT2D eigenvalue weighted by molar-refractivity contribution is -0.118. The minimum atomic E-state index is -0.0242. The normalized spacial score (nSPS) is 10.1. The van der Waals surface area contributed by atoms with E-state index in [9.17, 15) is 4.79 Å². The fourth-order valence-corrected chi connectivity index (χ4v) is 1.56. The molecule has 0 spiro atoms. The number of carbonyl (C=O) groups excluding carboxylic acids is 1. The third-order valence-electron chi connectivity index (χ3n) is 2.77. The summed E-state index contributed by atoms with van der Waals surface area (Å²) in [6, 6.07) is 9.94. The molecule has 0 saturated heterocycles. The van der Waals surface area contributed by atoms with E-state index in [1.165, 1.54) is 5.56 Å². The van der Waals surface area contributed by atoms with Gasteiger partial charge in [-0.2, -0.15) is 5.26 Å². The van der Waals surface area contributed by atoms with Gasteiger partial charge < -0.3 is 4.90 Å². The zero-order chi connectivity index (χ0) is 12.8. The Kier molecular flexibility index (Phi) is 4.71. The van der Waals surface area contributed by atoms with Crippen molar-refractivity contribution < 1.29 is 4.79 Å². The molecule has 90 valence electrons. The predicted octanol–water partition coefficient (Wildman–Crippen LogP) is 3.08. The number of hydrogen-bond acceptors (Lipinski definition) is 2. The van der Waals surface area contributed by atoms with Crippen molar-refractivity contribution >= 4 is 11.6 Å². The molecule has 1 aromatic rings. The van der Waals surface area contributed by atoms with Crippen LogP contribution in [0.4, 0.5) is 5.69 Å². The highest BCUT2D eigenvalue weighted by Crippen LogP contribution is 2.19. The Bertz CT molecular complexity index is 415. The number of nitriles is 1. The van der Waals surface area contributed by atoms with Gasteiger partial charge in [0.15, 0.2) is 0 Å². The molecule has 0 fully saturated rings. The molecule has 0 unspecified atom stereocenters. The van der Waals surface area contributed by atoms with Crippen molar-refractivity contribution in [3.63, 3.8) is 0 Å². The van der Waals surface area contributed by atoms with Crippen LogP contribution in [0.5, 0.6) is 0 Å². The van der Waals surface area contributed by atoms with Crippen LogP contribution in [0, 0.1) is 11.3 Å². The molecule has 0 aliphatic carbocycles. The van der Waals surface area contributed by atoms with Gasteiger partial charge in [0, 0.05) is 25.6 Å². The smallest absolute Gasteiger partial charge is 0.227 e. The first-order valence-corrected chi connectivity index (χ1v) is 5.79. The summed E-state index contributed by atoms with van der Waals surface area (Å²) < 4.78 is 0. The molecular formula is C14H18N2O. The number of rotatable bonds is 4. The molecule has 0 aliphatic heterocycles. The SMILES string of the molecule is CC(C)c1ccc(N(C)C(=O)CCC#N)cc1. The van der Waals surface area contributed by atoms with Gasteiger partial charge in [-0.3, -0.25) is 4.79 Å². The summed E-state index contributed by atoms with van der Waals surface area (Å²) in [4.78, 5) is 13.3. The third kappa shape index (κ3) is 3.60. The Balaban J connectivity index is 2.73. The minimum Gasteiger partial charge on any atom is -0.315 e. The average molecular weight is 230 g/mol. The first kappa shape index (κ1) is 13.2. The minimum absolute atomic E-state index is 0.0242. The molecule has 0 aliphatic rings. The molecule has 0 atom stereocenters. The molecular weight excluding hydrogens is 212 g/mol. The topological polar surface area (TPSA) is 44.1 Å². The zero-order valence-electron chi connectivity index (χ0n) is 10.6. The second-order valence-corrected chi connectivity index (χ2v) is 4.36. The van der Waals surface area contributed by atoms with Gasteiger partial charge in [0.05, 0.1) is 6.07 Å². The highest BCUT2D eigenvalue weighted by atomic mass is 16.2. The van der Waals surface area contributed by atoms with Crippen molar-refractivity contribution in [2.75, 3.05) is 11.9 Å². The molecule has 1 rings (SSSR count). The number of nitrogens with zero attached hydrogens (tertiary/aromatic N) is 2. The van der Waals surface area contributed by atoms with E-state index >= 15 is 0 Å². The Morgan fingerprint density at radius 3 is 2.41 bits per heavy atom. The predicted molar refractivity (Wildman–Crippen MR) is 68.8 cm³/mol. The van der Waals surface area contributed by atoms with Crippen molar-refractivity contribution in [3.05, 3.63) is 29.8 Å². The van der Waals surface area contributed by atoms with Gasteiger partial charge in [-0.05, 0) is 23.6 Å². The summed E-state index contributed by atoms with van der Waals surface area (Å²) in [6.45, 7) is 4.27. The molecule has 0 saturated carbocycles. The summed E-state index contributed by atoms with van der Waals surface area (Å²) >= 11 is 0. The molecule has 3 heteroatoms. The largest absolute Gasteiger partial charge is 0.315 e. The second kappa shape index (κ2) is 6.05. The Labute approximate surface area is 103 Å². The molecule has 1 aromatic carbocycles. The van der Waals surface area contributed by atoms with Gasteiger partial charge >= 0.3 is 0 Å². The summed E-state index contributed by atoms with van der Waals surface area (Å²) in [5.74, 6) is 0.465. The van der Waals surface area contributed by atoms with E-state index in [0.717, 1.165) is 5.69 Å². The van der Waals surface area contributed by atoms with Crippen molar-refractivity contribution in [2.24, 2.45) is 0 Å². The summed E-state index contributed by atoms with van der Waals surface area (Å²) in [5, 5.41) is 8.44. The van der Waals surface area contributed by atoms with E-state index in [0.29, 0.717) is 5.92 Å². The maximum absolute atomic E-state index is 11.7. The fourth-order valence-electron chi connectivity index (χ4n) is 1.56. The number of hydrogen-bond donors (Lipinski definition) is 0. The van der Waals surface area contributed by atoms with Crippen molar-refractivity contribution in [1.29, 1.82) is 5.26 Å². The van der Waals surface area contributed by atoms with Gasteiger partial charge in [-0.1, -0.05) is 26.0 Å². The highest BCUT2D eigenvalue weighted by molar-refractivity contribution is 5.92. The van der Waals surface area contributed by atoms with Gasteiger partial charge in [0.25, 0.3) is 0 Å². The van der Waals surface area contributed by atoms with Gasteiger partial charge in [0.2, 0.25) is 5.91 Å². The van der Waals surface area contributed by atoms with E-state index in [1.54, 1.807) is 11.9 Å². The van der Waals surface area contributed by atoms with Crippen LogP contribution in [-0.4, -0.2) is 13.0 Å². The van der Waals surface area contributed by atoms with Crippen LogP contribution in [-0.2, 0) is 4.79 Å². The molecule has 0 bridgehead atoms. The van der Waals surface area contributed by atoms with E-state index in [-0.39, 0.29) is 18.7 Å². The zero-order valence-corrected chi connectivity index (χ0v) is 10.6. The Hall–Kier alpha value is -1.82. The summed E-state index contributed by atoms with van der Waals surface area (Å²) in [5.41, 5.74) is 2.13. The maximum Gasteiger partial charge on any atom is 0.227 e. The molecule has 0 heterocycles. The lowest BCUT2D eigenvalue weighted by Gasteiger charge is -2.17. The molecule has 0 aromatic heterocycles. The quantitative estimate of drug-likeness (QED) is 0.797. The van der Waals surface area contributed by atoms with Crippen LogP contribution in [0.25, 0.3) is 0 Å². The highest BCUT2D eigenvalue weighted by Gasteiger charge is 2.10. The summed E-state index contributed by atoms with van der Waals surface area (Å²) in [6.07, 6.45) is 0.548.